The molecular formula is C28H37F3O2. The Morgan fingerprint density at radius 2 is 1.55 bits per heavy atom. The smallest absolute Gasteiger partial charge is 0.200 e. The maximum absolute atomic E-state index is 14.7. The van der Waals surface area contributed by atoms with Gasteiger partial charge < -0.3 is 9.47 Å². The molecule has 0 bridgehead atoms. The van der Waals surface area contributed by atoms with Gasteiger partial charge in [0.05, 0.1) is 13.2 Å². The average molecular weight is 463 g/mol. The van der Waals surface area contributed by atoms with Crippen LogP contribution in [0.2, 0.25) is 0 Å². The maximum atomic E-state index is 14.7. The van der Waals surface area contributed by atoms with Crippen molar-refractivity contribution in [2.45, 2.75) is 84.0 Å². The molecule has 0 radical (unpaired) electrons. The van der Waals surface area contributed by atoms with E-state index in [-0.39, 0.29) is 29.0 Å². The lowest BCUT2D eigenvalue weighted by molar-refractivity contribution is 0.192. The van der Waals surface area contributed by atoms with Gasteiger partial charge in [-0.2, -0.15) is 4.39 Å². The van der Waals surface area contributed by atoms with E-state index in [1.54, 1.807) is 0 Å². The molecule has 0 heterocycles. The zero-order chi connectivity index (χ0) is 23.6. The van der Waals surface area contributed by atoms with Crippen molar-refractivity contribution in [3.8, 4) is 11.5 Å². The van der Waals surface area contributed by atoms with Crippen molar-refractivity contribution in [2.24, 2.45) is 5.92 Å². The number of unbranched alkanes of at least 4 members (excludes halogenated alkanes) is 5. The SMILES string of the molecule is CCCCCCCCOc1ccc(C2CCC(COc3ccc(C)c(F)c3F)CC2)c(F)c1. The summed E-state index contributed by atoms with van der Waals surface area (Å²) in [5, 5.41) is 0. The molecule has 0 N–H and O–H groups in total. The van der Waals surface area contributed by atoms with E-state index in [0.717, 1.165) is 44.1 Å². The maximum Gasteiger partial charge on any atom is 0.200 e. The van der Waals surface area contributed by atoms with Crippen LogP contribution in [0.3, 0.4) is 0 Å². The van der Waals surface area contributed by atoms with E-state index in [4.69, 9.17) is 9.47 Å². The fourth-order valence-electron chi connectivity index (χ4n) is 4.59. The first-order chi connectivity index (χ1) is 16.0. The van der Waals surface area contributed by atoms with Gasteiger partial charge in [-0.3, -0.25) is 0 Å². The summed E-state index contributed by atoms with van der Waals surface area (Å²) in [6.45, 7) is 4.71. The van der Waals surface area contributed by atoms with Crippen LogP contribution in [0.1, 0.15) is 88.2 Å². The normalized spacial score (nSPS) is 18.3. The third-order valence-corrected chi connectivity index (χ3v) is 6.74. The van der Waals surface area contributed by atoms with E-state index >= 15 is 0 Å². The lowest BCUT2D eigenvalue weighted by Gasteiger charge is -2.29. The van der Waals surface area contributed by atoms with Gasteiger partial charge in [-0.1, -0.05) is 51.2 Å². The first-order valence-corrected chi connectivity index (χ1v) is 12.5. The van der Waals surface area contributed by atoms with Crippen molar-refractivity contribution in [1.29, 1.82) is 0 Å². The minimum Gasteiger partial charge on any atom is -0.493 e. The zero-order valence-electron chi connectivity index (χ0n) is 20.0. The number of ether oxygens (including phenoxy) is 2. The Morgan fingerprint density at radius 3 is 2.27 bits per heavy atom. The van der Waals surface area contributed by atoms with Gasteiger partial charge in [-0.15, -0.1) is 0 Å². The minimum atomic E-state index is -0.926. The summed E-state index contributed by atoms with van der Waals surface area (Å²) in [5.74, 6) is -1.000. The van der Waals surface area contributed by atoms with Crippen molar-refractivity contribution in [1.82, 2.24) is 0 Å². The van der Waals surface area contributed by atoms with Crippen molar-refractivity contribution in [2.75, 3.05) is 13.2 Å². The molecule has 2 aromatic rings. The highest BCUT2D eigenvalue weighted by molar-refractivity contribution is 5.32. The van der Waals surface area contributed by atoms with Gasteiger partial charge in [0.25, 0.3) is 0 Å². The highest BCUT2D eigenvalue weighted by atomic mass is 19.2. The topological polar surface area (TPSA) is 18.5 Å². The summed E-state index contributed by atoms with van der Waals surface area (Å²) < 4.78 is 53.7. The first kappa shape index (κ1) is 25.5. The van der Waals surface area contributed by atoms with Gasteiger partial charge in [0.2, 0.25) is 5.82 Å². The van der Waals surface area contributed by atoms with Crippen LogP contribution in [0.25, 0.3) is 0 Å². The second kappa shape index (κ2) is 12.9. The highest BCUT2D eigenvalue weighted by Gasteiger charge is 2.25. The predicted octanol–water partition coefficient (Wildman–Crippen LogP) is 8.50. The Kier molecular flexibility index (Phi) is 9.95. The summed E-state index contributed by atoms with van der Waals surface area (Å²) in [5.41, 5.74) is 1.01. The predicted molar refractivity (Wildman–Crippen MR) is 127 cm³/mol. The van der Waals surface area contributed by atoms with E-state index in [2.05, 4.69) is 6.92 Å². The molecule has 1 fully saturated rings. The average Bonchev–Trinajstić information content (AvgIpc) is 2.82. The van der Waals surface area contributed by atoms with Crippen LogP contribution in [0.4, 0.5) is 13.2 Å². The number of rotatable bonds is 12. The monoisotopic (exact) mass is 462 g/mol. The van der Waals surface area contributed by atoms with E-state index in [0.29, 0.717) is 19.0 Å². The van der Waals surface area contributed by atoms with Gasteiger partial charge in [0, 0.05) is 6.07 Å². The molecule has 0 unspecified atom stereocenters. The fourth-order valence-corrected chi connectivity index (χ4v) is 4.59. The molecule has 0 saturated heterocycles. The Morgan fingerprint density at radius 1 is 0.818 bits per heavy atom. The molecule has 2 aromatic carbocycles. The Bertz CT molecular complexity index is 876. The summed E-state index contributed by atoms with van der Waals surface area (Å²) in [7, 11) is 0. The molecule has 0 atom stereocenters. The molecule has 0 spiro atoms. The van der Waals surface area contributed by atoms with Crippen molar-refractivity contribution < 1.29 is 22.6 Å². The largest absolute Gasteiger partial charge is 0.493 e. The van der Waals surface area contributed by atoms with Crippen LogP contribution in [-0.2, 0) is 0 Å². The molecule has 3 rings (SSSR count). The number of benzene rings is 2. The standard InChI is InChI=1S/C28H37F3O2/c1-3-4-5-6-7-8-17-32-23-14-15-24(25(29)18-23)22-12-10-21(11-13-22)19-33-26-16-9-20(2)27(30)28(26)31/h9,14-16,18,21-22H,3-8,10-13,17,19H2,1-2H3. The van der Waals surface area contributed by atoms with Gasteiger partial charge in [0.15, 0.2) is 11.6 Å². The quantitative estimate of drug-likeness (QED) is 0.294. The third kappa shape index (κ3) is 7.41. The van der Waals surface area contributed by atoms with E-state index in [1.807, 2.05) is 12.1 Å². The molecule has 1 aliphatic carbocycles. The second-order valence-corrected chi connectivity index (χ2v) is 9.34. The number of hydrogen-bond acceptors (Lipinski definition) is 2. The van der Waals surface area contributed by atoms with Crippen LogP contribution in [0.5, 0.6) is 11.5 Å². The Balaban J connectivity index is 1.41. The van der Waals surface area contributed by atoms with Crippen LogP contribution in [-0.4, -0.2) is 13.2 Å². The van der Waals surface area contributed by atoms with E-state index in [9.17, 15) is 13.2 Å². The molecule has 33 heavy (non-hydrogen) atoms. The molecule has 1 aliphatic rings. The number of aryl methyl sites for hydroxylation is 1. The molecule has 0 amide bonds. The second-order valence-electron chi connectivity index (χ2n) is 9.34. The number of hydrogen-bond donors (Lipinski definition) is 0. The van der Waals surface area contributed by atoms with Crippen molar-refractivity contribution in [3.63, 3.8) is 0 Å². The number of halogens is 3. The van der Waals surface area contributed by atoms with Crippen LogP contribution in [0.15, 0.2) is 30.3 Å². The van der Waals surface area contributed by atoms with Gasteiger partial charge in [0.1, 0.15) is 11.6 Å². The minimum absolute atomic E-state index is 0.0391. The first-order valence-electron chi connectivity index (χ1n) is 12.5. The van der Waals surface area contributed by atoms with Crippen molar-refractivity contribution >= 4 is 0 Å². The van der Waals surface area contributed by atoms with E-state index < -0.39 is 11.6 Å². The Hall–Kier alpha value is -2.17. The fraction of sp³-hybridized carbons (Fsp3) is 0.571. The van der Waals surface area contributed by atoms with Crippen LogP contribution < -0.4 is 9.47 Å². The van der Waals surface area contributed by atoms with Crippen LogP contribution in [0, 0.1) is 30.3 Å². The van der Waals surface area contributed by atoms with Crippen LogP contribution >= 0.6 is 0 Å². The molecule has 5 heteroatoms. The molecule has 0 aromatic heterocycles. The Labute approximate surface area is 196 Å². The lowest BCUT2D eigenvalue weighted by Crippen LogP contribution is -2.20. The summed E-state index contributed by atoms with van der Waals surface area (Å²) in [4.78, 5) is 0. The molecule has 2 nitrogen and oxygen atoms in total. The molecule has 0 aliphatic heterocycles. The third-order valence-electron chi connectivity index (χ3n) is 6.74. The summed E-state index contributed by atoms with van der Waals surface area (Å²) in [6, 6.07) is 8.24. The lowest BCUT2D eigenvalue weighted by atomic mass is 9.79. The zero-order valence-corrected chi connectivity index (χ0v) is 20.0. The van der Waals surface area contributed by atoms with Gasteiger partial charge >= 0.3 is 0 Å². The molecule has 182 valence electrons. The van der Waals surface area contributed by atoms with Crippen molar-refractivity contribution in [3.05, 3.63) is 58.9 Å². The van der Waals surface area contributed by atoms with Gasteiger partial charge in [-0.05, 0) is 74.1 Å². The summed E-state index contributed by atoms with van der Waals surface area (Å²) in [6.07, 6.45) is 10.6. The van der Waals surface area contributed by atoms with E-state index in [1.165, 1.54) is 50.8 Å². The van der Waals surface area contributed by atoms with Gasteiger partial charge in [-0.25, -0.2) is 8.78 Å². The summed E-state index contributed by atoms with van der Waals surface area (Å²) >= 11 is 0. The highest BCUT2D eigenvalue weighted by Crippen LogP contribution is 2.38. The molecular weight excluding hydrogens is 425 g/mol. The molecule has 1 saturated carbocycles.